The van der Waals surface area contributed by atoms with Crippen LogP contribution in [0.15, 0.2) is 79.1 Å². The number of carbonyl (C=O) groups is 1. The first-order valence-corrected chi connectivity index (χ1v) is 8.88. The molecule has 2 aromatic carbocycles. The van der Waals surface area contributed by atoms with E-state index in [-0.39, 0.29) is 42.6 Å². The fourth-order valence-corrected chi connectivity index (χ4v) is 3.52. The first kappa shape index (κ1) is 21.9. The summed E-state index contributed by atoms with van der Waals surface area (Å²) in [4.78, 5) is 16.9. The van der Waals surface area contributed by atoms with Gasteiger partial charge in [-0.1, -0.05) is 48.5 Å². The number of anilines is 1. The van der Waals surface area contributed by atoms with E-state index in [4.69, 9.17) is 0 Å². The van der Waals surface area contributed by atoms with Gasteiger partial charge < -0.3 is 10.6 Å². The molecule has 4 rings (SSSR count). The minimum absolute atomic E-state index is 0. The van der Waals surface area contributed by atoms with Gasteiger partial charge in [0.25, 0.3) is 0 Å². The number of nitrogens with one attached hydrogen (secondary N) is 2. The topological polar surface area (TPSA) is 54.0 Å². The van der Waals surface area contributed by atoms with Gasteiger partial charge >= 0.3 is 0 Å². The summed E-state index contributed by atoms with van der Waals surface area (Å²) in [7, 11) is 0. The Kier molecular flexibility index (Phi) is 8.00. The normalized spacial score (nSPS) is 17.9. The number of nitrogens with zero attached hydrogens (tertiary/aromatic N) is 1. The van der Waals surface area contributed by atoms with Gasteiger partial charge in [-0.3, -0.25) is 9.78 Å². The van der Waals surface area contributed by atoms with Gasteiger partial charge in [-0.25, -0.2) is 0 Å². The average Bonchev–Trinajstić information content (AvgIpc) is 3.20. The number of hydrogen-bond acceptors (Lipinski definition) is 3. The smallest absolute Gasteiger partial charge is 0.229 e. The molecule has 0 saturated carbocycles. The molecule has 1 saturated heterocycles. The predicted octanol–water partition coefficient (Wildman–Crippen LogP) is 4.53. The molecule has 2 unspecified atom stereocenters. The van der Waals surface area contributed by atoms with E-state index in [2.05, 4.69) is 27.8 Å². The highest BCUT2D eigenvalue weighted by molar-refractivity contribution is 5.94. The van der Waals surface area contributed by atoms with E-state index < -0.39 is 0 Å². The van der Waals surface area contributed by atoms with E-state index in [9.17, 15) is 4.79 Å². The molecule has 0 radical (unpaired) electrons. The van der Waals surface area contributed by atoms with Crippen molar-refractivity contribution < 1.29 is 4.79 Å². The number of halogens is 2. The molecule has 1 aliphatic heterocycles. The van der Waals surface area contributed by atoms with E-state index in [1.54, 1.807) is 6.20 Å². The Balaban J connectivity index is 0.00000140. The van der Waals surface area contributed by atoms with Crippen LogP contribution in [-0.4, -0.2) is 24.0 Å². The molecule has 2 atom stereocenters. The minimum Gasteiger partial charge on any atom is -0.326 e. The van der Waals surface area contributed by atoms with Crippen LogP contribution in [0, 0.1) is 5.92 Å². The lowest BCUT2D eigenvalue weighted by molar-refractivity contribution is -0.119. The largest absolute Gasteiger partial charge is 0.326 e. The van der Waals surface area contributed by atoms with Gasteiger partial charge in [0, 0.05) is 37.1 Å². The highest BCUT2D eigenvalue weighted by Gasteiger charge is 2.33. The molecule has 2 heterocycles. The van der Waals surface area contributed by atoms with E-state index in [0.717, 1.165) is 23.4 Å². The molecule has 4 nitrogen and oxygen atoms in total. The number of benzene rings is 2. The molecule has 0 aliphatic carbocycles. The zero-order chi connectivity index (χ0) is 17.8. The summed E-state index contributed by atoms with van der Waals surface area (Å²) >= 11 is 0. The van der Waals surface area contributed by atoms with E-state index in [1.165, 1.54) is 5.56 Å². The highest BCUT2D eigenvalue weighted by atomic mass is 35.5. The van der Waals surface area contributed by atoms with Crippen molar-refractivity contribution in [3.63, 3.8) is 0 Å². The monoisotopic (exact) mass is 415 g/mol. The first-order chi connectivity index (χ1) is 12.8. The third-order valence-corrected chi connectivity index (χ3v) is 4.93. The Morgan fingerprint density at radius 1 is 0.893 bits per heavy atom. The van der Waals surface area contributed by atoms with Crippen molar-refractivity contribution in [3.8, 4) is 11.1 Å². The summed E-state index contributed by atoms with van der Waals surface area (Å²) < 4.78 is 0. The summed E-state index contributed by atoms with van der Waals surface area (Å²) in [5, 5.41) is 6.42. The average molecular weight is 416 g/mol. The van der Waals surface area contributed by atoms with Crippen molar-refractivity contribution in [2.75, 3.05) is 18.4 Å². The molecule has 28 heavy (non-hydrogen) atoms. The molecule has 146 valence electrons. The number of aromatic nitrogens is 1. The molecule has 1 amide bonds. The van der Waals surface area contributed by atoms with Crippen molar-refractivity contribution in [2.24, 2.45) is 5.92 Å². The second-order valence-electron chi connectivity index (χ2n) is 6.59. The lowest BCUT2D eigenvalue weighted by Gasteiger charge is -2.18. The first-order valence-electron chi connectivity index (χ1n) is 8.88. The van der Waals surface area contributed by atoms with Gasteiger partial charge in [0.1, 0.15) is 0 Å². The van der Waals surface area contributed by atoms with E-state index in [1.807, 2.05) is 60.8 Å². The Hall–Kier alpha value is -2.40. The van der Waals surface area contributed by atoms with Crippen LogP contribution < -0.4 is 10.6 Å². The van der Waals surface area contributed by atoms with Gasteiger partial charge in [-0.15, -0.1) is 24.8 Å². The van der Waals surface area contributed by atoms with E-state index >= 15 is 0 Å². The van der Waals surface area contributed by atoms with Crippen LogP contribution >= 0.6 is 24.8 Å². The molecule has 1 fully saturated rings. The number of amides is 1. The summed E-state index contributed by atoms with van der Waals surface area (Å²) in [6.07, 6.45) is 3.60. The van der Waals surface area contributed by atoms with Crippen molar-refractivity contribution in [1.82, 2.24) is 10.3 Å². The second-order valence-corrected chi connectivity index (χ2v) is 6.59. The molecular weight excluding hydrogens is 393 g/mol. The molecule has 2 N–H and O–H groups in total. The number of hydrogen-bond donors (Lipinski definition) is 2. The molecule has 1 aliphatic rings. The van der Waals surface area contributed by atoms with Gasteiger partial charge in [-0.05, 0) is 34.9 Å². The maximum absolute atomic E-state index is 12.8. The summed E-state index contributed by atoms with van der Waals surface area (Å²) in [6, 6.07) is 22.1. The van der Waals surface area contributed by atoms with Crippen LogP contribution in [0.5, 0.6) is 0 Å². The molecule has 6 heteroatoms. The van der Waals surface area contributed by atoms with Crippen molar-refractivity contribution in [3.05, 3.63) is 84.7 Å². The Bertz CT molecular complexity index is 873. The lowest BCUT2D eigenvalue weighted by atomic mass is 9.88. The highest BCUT2D eigenvalue weighted by Crippen LogP contribution is 2.29. The number of pyridine rings is 1. The lowest BCUT2D eigenvalue weighted by Crippen LogP contribution is -2.28. The second kappa shape index (κ2) is 10.2. The van der Waals surface area contributed by atoms with Crippen molar-refractivity contribution in [2.45, 2.75) is 5.92 Å². The Labute approximate surface area is 177 Å². The Morgan fingerprint density at radius 3 is 2.32 bits per heavy atom. The van der Waals surface area contributed by atoms with E-state index in [0.29, 0.717) is 6.54 Å². The minimum atomic E-state index is -0.0598. The molecule has 0 bridgehead atoms. The standard InChI is InChI=1S/C22H21N3O.2ClH/c26-22(21-15-24-14-20(21)17-5-2-1-3-6-17)25-19-10-8-16(9-11-19)18-7-4-12-23-13-18;;/h1-13,20-21,24H,14-15H2,(H,25,26);2*1H. The van der Waals surface area contributed by atoms with Gasteiger partial charge in [0.15, 0.2) is 0 Å². The fourth-order valence-electron chi connectivity index (χ4n) is 3.52. The molecule has 3 aromatic rings. The van der Waals surface area contributed by atoms with Crippen LogP contribution in [0.3, 0.4) is 0 Å². The molecular formula is C22H23Cl2N3O. The van der Waals surface area contributed by atoms with Crippen molar-refractivity contribution >= 4 is 36.4 Å². The van der Waals surface area contributed by atoms with Crippen LogP contribution in [-0.2, 0) is 4.79 Å². The van der Waals surface area contributed by atoms with Crippen LogP contribution in [0.2, 0.25) is 0 Å². The molecule has 0 spiro atoms. The maximum Gasteiger partial charge on any atom is 0.229 e. The maximum atomic E-state index is 12.8. The quantitative estimate of drug-likeness (QED) is 0.657. The zero-order valence-electron chi connectivity index (χ0n) is 15.2. The van der Waals surface area contributed by atoms with Crippen LogP contribution in [0.4, 0.5) is 5.69 Å². The fraction of sp³-hybridized carbons (Fsp3) is 0.182. The number of carbonyl (C=O) groups excluding carboxylic acids is 1. The molecule has 1 aromatic heterocycles. The Morgan fingerprint density at radius 2 is 1.64 bits per heavy atom. The number of rotatable bonds is 4. The third-order valence-electron chi connectivity index (χ3n) is 4.93. The van der Waals surface area contributed by atoms with Crippen LogP contribution in [0.1, 0.15) is 11.5 Å². The van der Waals surface area contributed by atoms with Crippen molar-refractivity contribution in [1.29, 1.82) is 0 Å². The summed E-state index contributed by atoms with van der Waals surface area (Å²) in [5.41, 5.74) is 4.18. The van der Waals surface area contributed by atoms with Gasteiger partial charge in [0.2, 0.25) is 5.91 Å². The van der Waals surface area contributed by atoms with Gasteiger partial charge in [0.05, 0.1) is 5.92 Å². The van der Waals surface area contributed by atoms with Crippen LogP contribution in [0.25, 0.3) is 11.1 Å². The third kappa shape index (κ3) is 4.90. The predicted molar refractivity (Wildman–Crippen MR) is 118 cm³/mol. The SMILES string of the molecule is Cl.Cl.O=C(Nc1ccc(-c2cccnc2)cc1)C1CNCC1c1ccccc1. The summed E-state index contributed by atoms with van der Waals surface area (Å²) in [5.74, 6) is 0.222. The summed E-state index contributed by atoms with van der Waals surface area (Å²) in [6.45, 7) is 1.54. The van der Waals surface area contributed by atoms with Gasteiger partial charge in [-0.2, -0.15) is 0 Å². The zero-order valence-corrected chi connectivity index (χ0v) is 16.9.